The molecule has 9 aliphatic heterocycles. The third kappa shape index (κ3) is 31.1. The van der Waals surface area contributed by atoms with Crippen LogP contribution >= 0.6 is 17.0 Å². The van der Waals surface area contributed by atoms with Gasteiger partial charge in [0, 0.05) is 70.4 Å². The molecule has 9 aliphatic rings. The lowest BCUT2D eigenvalue weighted by Crippen LogP contribution is -2.65. The molecule has 7 fully saturated rings. The Bertz CT molecular complexity index is 3460. The van der Waals surface area contributed by atoms with Crippen LogP contribution in [-0.4, -0.2) is 382 Å². The van der Waals surface area contributed by atoms with Gasteiger partial charge in [-0.3, -0.25) is 19.2 Å². The van der Waals surface area contributed by atoms with Gasteiger partial charge < -0.3 is 141 Å². The second kappa shape index (κ2) is 53.5. The van der Waals surface area contributed by atoms with Crippen LogP contribution < -0.4 is 0 Å². The summed E-state index contributed by atoms with van der Waals surface area (Å²) in [6.45, 7) is 30.6. The van der Waals surface area contributed by atoms with Crippen molar-refractivity contribution in [2.24, 2.45) is 47.3 Å². The number of cyclic esters (lactones) is 2. The smallest absolute Gasteiger partial charge is 0.308 e. The Labute approximate surface area is 777 Å². The molecule has 0 spiro atoms. The number of carbonyl (C=O) groups is 4. The number of ketones is 2. The maximum absolute atomic E-state index is 14.1. The number of rotatable bonds is 26. The molecule has 9 N–H and O–H groups in total. The topological polar surface area (TPSA) is 411 Å². The van der Waals surface area contributed by atoms with Crippen molar-refractivity contribution in [1.29, 1.82) is 0 Å². The van der Waals surface area contributed by atoms with Crippen LogP contribution in [0.5, 0.6) is 0 Å². The van der Waals surface area contributed by atoms with Gasteiger partial charge in [-0.15, -0.1) is 17.0 Å². The van der Waals surface area contributed by atoms with Crippen molar-refractivity contribution in [2.45, 2.75) is 377 Å². The van der Waals surface area contributed by atoms with E-state index in [1.165, 1.54) is 48.2 Å². The first-order valence-corrected chi connectivity index (χ1v) is 47.3. The summed E-state index contributed by atoms with van der Waals surface area (Å²) in [5.41, 5.74) is 0.0424. The standard InChI is InChI=1S/C51H88N2O16.C44H76N2O13.BrH/c1-13-38-35(27-63-50-47(62-12)46(61-11)42(57)31(5)65-50)23-28(2)17-18-36(54)29(3)24-34(19-22-53-20-15-14-16-21-53)44(30(4)37(55)25-39(56)67-38)69-49-43(58)41(52(9)10)45(32(6)66-49)68-40-26-51(8,60)48(59)33(7)64-40;1-11-34-31(24-55-44-42(54-10)41(53-9)38(51)29(6)57-44)21-25(2)15-16-32(47)26(3)22-30(17-20-46-18-13-12-14-19-46)40(27(4)33(48)23-35(49)58-34)59-43-39(52)36(45(7)8)37(50)28(5)56-43;/h17-18,23,29-35,37-38,40-50,55,57-60H,13-16,19-22,24-27H2,1-12H3;15-16,21,26-31,33-34,36-44,48,50-52H,11-14,17-20,22-24H2,1-10H3;1H/b18-17+,28-23+;16-15+,25-21+;. The minimum Gasteiger partial charge on any atom is -0.462 e. The van der Waals surface area contributed by atoms with Gasteiger partial charge in [0.1, 0.15) is 73.2 Å². The summed E-state index contributed by atoms with van der Waals surface area (Å²) in [4.78, 5) is 64.3. The molecule has 0 bridgehead atoms. The molecule has 7 saturated heterocycles. The predicted octanol–water partition coefficient (Wildman–Crippen LogP) is 6.55. The number of allylic oxidation sites excluding steroid dienone is 6. The summed E-state index contributed by atoms with van der Waals surface area (Å²) in [6, 6.07) is -1.36. The molecule has 9 rings (SSSR count). The monoisotopic (exact) mass is 1910 g/mol. The van der Waals surface area contributed by atoms with E-state index in [2.05, 4.69) is 9.80 Å². The molecule has 34 heteroatoms. The number of hydrogen-bond donors (Lipinski definition) is 9. The molecule has 746 valence electrons. The minimum absolute atomic E-state index is 0. The SMILES string of the molecule is Br.CCC1OC(=O)CC(O)C(C)C(OC2OC(C)C(O)C(N(C)C)C2O)C(CCN2CCCCC2)CC(C)C(=O)/C=C/C(C)=C/C1COC1OC(C)C(O)C(OC)C1OC.CCC1OC(=O)CC(O)C(C)C(OC2OC(C)C(OC3CC(C)(O)C(O)C(C)O3)C(N(C)C)C2O)C(CCN2CCCCC2)CC(C)C(=O)/C=C/C(C)=C/C1COC1OC(C)C(O)C(OC)C1OC. The molecule has 0 radical (unpaired) electrons. The summed E-state index contributed by atoms with van der Waals surface area (Å²) in [5, 5.41) is 102. The van der Waals surface area contributed by atoms with E-state index in [4.69, 9.17) is 75.8 Å². The Hall–Kier alpha value is -3.36. The maximum atomic E-state index is 14.1. The molecule has 0 aromatic heterocycles. The van der Waals surface area contributed by atoms with Crippen LogP contribution in [0.25, 0.3) is 0 Å². The molecule has 0 amide bonds. The van der Waals surface area contributed by atoms with Crippen molar-refractivity contribution in [3.63, 3.8) is 0 Å². The van der Waals surface area contributed by atoms with Crippen LogP contribution in [-0.2, 0) is 95.0 Å². The van der Waals surface area contributed by atoms with E-state index >= 15 is 0 Å². The number of aliphatic hydroxyl groups is 9. The summed E-state index contributed by atoms with van der Waals surface area (Å²) in [6.07, 6.45) is -4.28. The van der Waals surface area contributed by atoms with Crippen molar-refractivity contribution in [1.82, 2.24) is 19.6 Å². The number of nitrogens with zero attached hydrogens (tertiary/aromatic N) is 4. The second-order valence-electron chi connectivity index (χ2n) is 38.7. The molecule has 0 aromatic carbocycles. The van der Waals surface area contributed by atoms with E-state index in [1.807, 2.05) is 93.5 Å². The van der Waals surface area contributed by atoms with E-state index in [0.717, 1.165) is 76.1 Å². The highest BCUT2D eigenvalue weighted by atomic mass is 79.9. The number of ether oxygens (including phenoxy) is 16. The number of methoxy groups -OCH3 is 4. The Morgan fingerprint density at radius 2 is 0.822 bits per heavy atom. The van der Waals surface area contributed by atoms with Gasteiger partial charge in [-0.25, -0.2) is 0 Å². The lowest BCUT2D eigenvalue weighted by atomic mass is 9.79. The number of piperidine rings is 2. The average molecular weight is 1910 g/mol. The molecule has 38 unspecified atom stereocenters. The molecule has 38 atom stereocenters. The van der Waals surface area contributed by atoms with Crippen molar-refractivity contribution in [3.8, 4) is 0 Å². The van der Waals surface area contributed by atoms with Crippen LogP contribution in [0.15, 0.2) is 47.6 Å². The Kier molecular flexibility index (Phi) is 46.8. The van der Waals surface area contributed by atoms with Crippen molar-refractivity contribution < 1.29 is 141 Å². The number of likely N-dealkylation sites (N-methyl/N-ethyl adjacent to an activating group) is 2. The quantitative estimate of drug-likeness (QED) is 0.0415. The second-order valence-corrected chi connectivity index (χ2v) is 38.7. The molecular formula is C95H165BrN4O29. The number of aliphatic hydroxyl groups excluding tert-OH is 8. The molecular weight excluding hydrogens is 1740 g/mol. The Balaban J connectivity index is 0.000000355. The van der Waals surface area contributed by atoms with Crippen LogP contribution in [0.1, 0.15) is 193 Å². The first kappa shape index (κ1) is 113. The summed E-state index contributed by atoms with van der Waals surface area (Å²) in [7, 11) is 13.1. The first-order chi connectivity index (χ1) is 60.6. The molecule has 0 saturated carbocycles. The van der Waals surface area contributed by atoms with Crippen LogP contribution in [0, 0.1) is 47.3 Å². The number of hydrogen-bond acceptors (Lipinski definition) is 33. The normalized spacial score (nSPS) is 43.8. The lowest BCUT2D eigenvalue weighted by molar-refractivity contribution is -0.342. The zero-order chi connectivity index (χ0) is 94.5. The summed E-state index contributed by atoms with van der Waals surface area (Å²) >= 11 is 0. The van der Waals surface area contributed by atoms with Crippen molar-refractivity contribution in [2.75, 3.05) is 109 Å². The predicted molar refractivity (Wildman–Crippen MR) is 485 cm³/mol. The van der Waals surface area contributed by atoms with Crippen LogP contribution in [0.4, 0.5) is 0 Å². The van der Waals surface area contributed by atoms with Crippen molar-refractivity contribution in [3.05, 3.63) is 47.6 Å². The molecule has 0 aromatic rings. The van der Waals surface area contributed by atoms with Gasteiger partial charge in [-0.2, -0.15) is 0 Å². The lowest BCUT2D eigenvalue weighted by Gasteiger charge is -2.50. The highest BCUT2D eigenvalue weighted by Gasteiger charge is 2.54. The van der Waals surface area contributed by atoms with E-state index in [1.54, 1.807) is 71.0 Å². The van der Waals surface area contributed by atoms with Gasteiger partial charge in [0.25, 0.3) is 0 Å². The minimum atomic E-state index is -1.47. The average Bonchev–Trinajstić information content (AvgIpc) is 0.775. The highest BCUT2D eigenvalue weighted by molar-refractivity contribution is 8.93. The fourth-order valence-corrected chi connectivity index (χ4v) is 20.2. The molecule has 0 aliphatic carbocycles. The third-order valence-corrected chi connectivity index (χ3v) is 28.3. The fourth-order valence-electron chi connectivity index (χ4n) is 20.2. The van der Waals surface area contributed by atoms with E-state index < -0.39 is 231 Å². The molecule has 33 nitrogen and oxygen atoms in total. The van der Waals surface area contributed by atoms with Gasteiger partial charge >= 0.3 is 11.9 Å². The van der Waals surface area contributed by atoms with Gasteiger partial charge in [0.15, 0.2) is 43.0 Å². The summed E-state index contributed by atoms with van der Waals surface area (Å²) in [5.74, 6) is -5.22. The van der Waals surface area contributed by atoms with Gasteiger partial charge in [-0.1, -0.05) is 89.8 Å². The third-order valence-electron chi connectivity index (χ3n) is 28.3. The number of carbonyl (C=O) groups excluding carboxylic acids is 4. The van der Waals surface area contributed by atoms with Gasteiger partial charge in [0.05, 0.1) is 105 Å². The number of likely N-dealkylation sites (tertiary alicyclic amines) is 2. The highest BCUT2D eigenvalue weighted by Crippen LogP contribution is 2.41. The van der Waals surface area contributed by atoms with E-state index in [0.29, 0.717) is 38.5 Å². The van der Waals surface area contributed by atoms with Crippen LogP contribution in [0.3, 0.4) is 0 Å². The summed E-state index contributed by atoms with van der Waals surface area (Å²) < 4.78 is 98.2. The van der Waals surface area contributed by atoms with Crippen molar-refractivity contribution >= 4 is 40.5 Å². The van der Waals surface area contributed by atoms with E-state index in [9.17, 15) is 65.1 Å². The van der Waals surface area contributed by atoms with E-state index in [-0.39, 0.29) is 72.9 Å². The zero-order valence-corrected chi connectivity index (χ0v) is 82.7. The Morgan fingerprint density at radius 1 is 0.450 bits per heavy atom. The zero-order valence-electron chi connectivity index (χ0n) is 81.0. The molecule has 9 heterocycles. The Morgan fingerprint density at radius 3 is 1.19 bits per heavy atom. The first-order valence-electron chi connectivity index (χ1n) is 47.3. The number of halogens is 1. The molecule has 129 heavy (non-hydrogen) atoms. The fraction of sp³-hybridized carbons (Fsp3) is 0.874. The van der Waals surface area contributed by atoms with Gasteiger partial charge in [0.2, 0.25) is 0 Å². The maximum Gasteiger partial charge on any atom is 0.308 e. The number of esters is 2. The van der Waals surface area contributed by atoms with Gasteiger partial charge in [-0.05, 0) is 211 Å². The van der Waals surface area contributed by atoms with Crippen LogP contribution in [0.2, 0.25) is 0 Å². The largest absolute Gasteiger partial charge is 0.462 e.